The molecule has 0 saturated heterocycles. The van der Waals surface area contributed by atoms with Crippen LogP contribution in [0, 0.1) is 12.8 Å². The van der Waals surface area contributed by atoms with Gasteiger partial charge in [0.1, 0.15) is 10.8 Å². The summed E-state index contributed by atoms with van der Waals surface area (Å²) in [6.07, 6.45) is -5.49. The van der Waals surface area contributed by atoms with Crippen molar-refractivity contribution in [2.75, 3.05) is 13.2 Å². The van der Waals surface area contributed by atoms with E-state index in [-0.39, 0.29) is 12.5 Å². The summed E-state index contributed by atoms with van der Waals surface area (Å²) < 4.78 is 45.9. The van der Waals surface area contributed by atoms with E-state index in [4.69, 9.17) is 4.74 Å². The third-order valence-electron chi connectivity index (χ3n) is 4.40. The molecule has 5 nitrogen and oxygen atoms in total. The first-order valence-corrected chi connectivity index (χ1v) is 9.26. The topological polar surface area (TPSA) is 71.5 Å². The van der Waals surface area contributed by atoms with Gasteiger partial charge >= 0.3 is 6.18 Å². The van der Waals surface area contributed by atoms with Crippen molar-refractivity contribution in [3.05, 3.63) is 45.9 Å². The molecule has 2 unspecified atom stereocenters. The molecule has 1 amide bonds. The van der Waals surface area contributed by atoms with Crippen LogP contribution in [0.2, 0.25) is 0 Å². The second-order valence-electron chi connectivity index (χ2n) is 6.62. The number of hydrogen-bond acceptors (Lipinski definition) is 5. The first-order chi connectivity index (χ1) is 12.7. The van der Waals surface area contributed by atoms with Crippen LogP contribution in [-0.2, 0) is 16.8 Å². The van der Waals surface area contributed by atoms with E-state index in [1.165, 1.54) is 12.3 Å². The number of hydrogen-bond donors (Lipinski definition) is 2. The maximum atomic E-state index is 13.4. The lowest BCUT2D eigenvalue weighted by Crippen LogP contribution is -2.47. The van der Waals surface area contributed by atoms with Gasteiger partial charge in [-0.05, 0) is 25.0 Å². The van der Waals surface area contributed by atoms with E-state index in [9.17, 15) is 23.1 Å². The Morgan fingerprint density at radius 3 is 2.81 bits per heavy atom. The van der Waals surface area contributed by atoms with Gasteiger partial charge in [-0.25, -0.2) is 4.98 Å². The van der Waals surface area contributed by atoms with Crippen molar-refractivity contribution in [2.45, 2.75) is 31.5 Å². The van der Waals surface area contributed by atoms with Gasteiger partial charge in [-0.2, -0.15) is 13.2 Å². The number of halogens is 3. The highest BCUT2D eigenvalue weighted by atomic mass is 32.1. The van der Waals surface area contributed by atoms with Crippen molar-refractivity contribution in [2.24, 2.45) is 5.92 Å². The molecule has 2 aromatic rings. The fraction of sp³-hybridized carbons (Fsp3) is 0.444. The summed E-state index contributed by atoms with van der Waals surface area (Å²) in [4.78, 5) is 15.9. The standard InChI is InChI=1S/C18H19F3N2O3S/c1-11-10-27-16(23-11)17(25,18(19,20)21)7-15(24)22-8-12-6-13-4-2-3-5-14(13)26-9-12/h2-5,10,12,25H,6-9H2,1H3,(H,22,24). The second kappa shape index (κ2) is 7.47. The normalized spacial score (nSPS) is 18.9. The number of nitrogens with zero attached hydrogens (tertiary/aromatic N) is 1. The van der Waals surface area contributed by atoms with Gasteiger partial charge < -0.3 is 15.2 Å². The predicted octanol–water partition coefficient (Wildman–Crippen LogP) is 2.96. The second-order valence-corrected chi connectivity index (χ2v) is 7.48. The molecule has 0 fully saturated rings. The van der Waals surface area contributed by atoms with Crippen LogP contribution in [0.4, 0.5) is 13.2 Å². The average Bonchev–Trinajstić information content (AvgIpc) is 3.05. The van der Waals surface area contributed by atoms with Gasteiger partial charge in [0.25, 0.3) is 0 Å². The minimum atomic E-state index is -5.01. The number of carbonyl (C=O) groups is 1. The van der Waals surface area contributed by atoms with Gasteiger partial charge in [0.2, 0.25) is 11.5 Å². The number of rotatable bonds is 5. The number of amides is 1. The maximum Gasteiger partial charge on any atom is 0.424 e. The highest BCUT2D eigenvalue weighted by Gasteiger charge is 2.58. The molecule has 2 N–H and O–H groups in total. The van der Waals surface area contributed by atoms with Crippen molar-refractivity contribution in [3.8, 4) is 5.75 Å². The molecule has 0 spiro atoms. The Morgan fingerprint density at radius 1 is 1.41 bits per heavy atom. The van der Waals surface area contributed by atoms with Crippen LogP contribution in [0.1, 0.15) is 22.7 Å². The fourth-order valence-electron chi connectivity index (χ4n) is 2.92. The molecule has 1 aliphatic rings. The summed E-state index contributed by atoms with van der Waals surface area (Å²) >= 11 is 0.683. The number of benzene rings is 1. The molecule has 2 heterocycles. The van der Waals surface area contributed by atoms with Gasteiger partial charge in [-0.1, -0.05) is 18.2 Å². The fourth-order valence-corrected chi connectivity index (χ4v) is 3.83. The van der Waals surface area contributed by atoms with Crippen molar-refractivity contribution < 1.29 is 27.8 Å². The minimum Gasteiger partial charge on any atom is -0.493 e. The Kier molecular flexibility index (Phi) is 5.43. The molecule has 0 radical (unpaired) electrons. The molecular weight excluding hydrogens is 381 g/mol. The van der Waals surface area contributed by atoms with E-state index >= 15 is 0 Å². The van der Waals surface area contributed by atoms with Gasteiger partial charge in [0.05, 0.1) is 13.0 Å². The average molecular weight is 400 g/mol. The molecule has 0 bridgehead atoms. The number of alkyl halides is 3. The van der Waals surface area contributed by atoms with Gasteiger partial charge in [-0.3, -0.25) is 4.79 Å². The first-order valence-electron chi connectivity index (χ1n) is 8.38. The molecule has 9 heteroatoms. The minimum absolute atomic E-state index is 0.0510. The van der Waals surface area contributed by atoms with Crippen LogP contribution in [0.5, 0.6) is 5.75 Å². The van der Waals surface area contributed by atoms with Crippen LogP contribution in [0.3, 0.4) is 0 Å². The Labute approximate surface area is 158 Å². The lowest BCUT2D eigenvalue weighted by Gasteiger charge is -2.29. The Balaban J connectivity index is 1.62. The summed E-state index contributed by atoms with van der Waals surface area (Å²) in [5.41, 5.74) is -1.95. The van der Waals surface area contributed by atoms with Crippen molar-refractivity contribution in [1.82, 2.24) is 10.3 Å². The SMILES string of the molecule is Cc1csc(C(O)(CC(=O)NCC2COc3ccccc3C2)C(F)(F)F)n1. The Morgan fingerprint density at radius 2 is 2.15 bits per heavy atom. The number of nitrogens with one attached hydrogen (secondary N) is 1. The Bertz CT molecular complexity index is 824. The van der Waals surface area contributed by atoms with Crippen molar-refractivity contribution in [3.63, 3.8) is 0 Å². The molecular formula is C18H19F3N2O3S. The number of aromatic nitrogens is 1. The van der Waals surface area contributed by atoms with Crippen LogP contribution >= 0.6 is 11.3 Å². The third kappa shape index (κ3) is 4.24. The number of aryl methyl sites for hydroxylation is 1. The molecule has 1 aromatic carbocycles. The highest BCUT2D eigenvalue weighted by Crippen LogP contribution is 2.42. The summed E-state index contributed by atoms with van der Waals surface area (Å²) in [6, 6.07) is 7.50. The van der Waals surface area contributed by atoms with E-state index in [1.807, 2.05) is 24.3 Å². The first kappa shape index (κ1) is 19.6. The molecule has 0 aliphatic carbocycles. The Hall–Kier alpha value is -2.13. The van der Waals surface area contributed by atoms with Crippen molar-refractivity contribution in [1.29, 1.82) is 0 Å². The number of carbonyl (C=O) groups excluding carboxylic acids is 1. The van der Waals surface area contributed by atoms with E-state index in [1.54, 1.807) is 0 Å². The lowest BCUT2D eigenvalue weighted by atomic mass is 9.96. The molecule has 27 heavy (non-hydrogen) atoms. The zero-order valence-corrected chi connectivity index (χ0v) is 15.4. The van der Waals surface area contributed by atoms with Crippen LogP contribution in [0.25, 0.3) is 0 Å². The molecule has 3 rings (SSSR count). The summed E-state index contributed by atoms with van der Waals surface area (Å²) in [5.74, 6) is -0.155. The quantitative estimate of drug-likeness (QED) is 0.810. The largest absolute Gasteiger partial charge is 0.493 e. The van der Waals surface area contributed by atoms with E-state index in [0.29, 0.717) is 30.1 Å². The number of thiazole rings is 1. The summed E-state index contributed by atoms with van der Waals surface area (Å²) in [7, 11) is 0. The number of ether oxygens (including phenoxy) is 1. The smallest absolute Gasteiger partial charge is 0.424 e. The van der Waals surface area contributed by atoms with Gasteiger partial charge in [0.15, 0.2) is 0 Å². The van der Waals surface area contributed by atoms with E-state index in [2.05, 4.69) is 10.3 Å². The molecule has 1 aliphatic heterocycles. The number of para-hydroxylation sites is 1. The molecule has 146 valence electrons. The number of aliphatic hydroxyl groups is 1. The maximum absolute atomic E-state index is 13.4. The predicted molar refractivity (Wildman–Crippen MR) is 93.6 cm³/mol. The van der Waals surface area contributed by atoms with Crippen LogP contribution < -0.4 is 10.1 Å². The third-order valence-corrected chi connectivity index (χ3v) is 5.51. The van der Waals surface area contributed by atoms with Crippen LogP contribution in [-0.4, -0.2) is 35.3 Å². The van der Waals surface area contributed by atoms with Crippen molar-refractivity contribution >= 4 is 17.2 Å². The zero-order valence-electron chi connectivity index (χ0n) is 14.5. The number of fused-ring (bicyclic) bond motifs is 1. The van der Waals surface area contributed by atoms with Gasteiger partial charge in [-0.15, -0.1) is 11.3 Å². The summed E-state index contributed by atoms with van der Waals surface area (Å²) in [5, 5.41) is 13.6. The van der Waals surface area contributed by atoms with Crippen LogP contribution in [0.15, 0.2) is 29.6 Å². The molecule has 0 saturated carbocycles. The molecule has 1 aromatic heterocycles. The van der Waals surface area contributed by atoms with Gasteiger partial charge in [0, 0.05) is 23.5 Å². The summed E-state index contributed by atoms with van der Waals surface area (Å²) in [6.45, 7) is 2.06. The lowest BCUT2D eigenvalue weighted by molar-refractivity contribution is -0.267. The van der Waals surface area contributed by atoms with E-state index < -0.39 is 29.1 Å². The monoisotopic (exact) mass is 400 g/mol. The van der Waals surface area contributed by atoms with E-state index in [0.717, 1.165) is 11.3 Å². The highest BCUT2D eigenvalue weighted by molar-refractivity contribution is 7.09. The zero-order chi connectivity index (χ0) is 19.7. The molecule has 2 atom stereocenters.